The predicted molar refractivity (Wildman–Crippen MR) is 70.5 cm³/mol. The molecule has 4 nitrogen and oxygen atoms in total. The van der Waals surface area contributed by atoms with Gasteiger partial charge in [0.25, 0.3) is 0 Å². The number of hydrogen-bond donors (Lipinski definition) is 0. The average molecular weight is 239 g/mol. The van der Waals surface area contributed by atoms with Crippen molar-refractivity contribution >= 4 is 11.0 Å². The number of methoxy groups -OCH3 is 1. The quantitative estimate of drug-likeness (QED) is 0.690. The zero-order valence-corrected chi connectivity index (χ0v) is 10.3. The molecule has 2 aromatic heterocycles. The fraction of sp³-hybridized carbons (Fsp3) is 0.143. The third kappa shape index (κ3) is 1.62. The molecule has 0 fully saturated rings. The second-order valence-corrected chi connectivity index (χ2v) is 4.09. The Morgan fingerprint density at radius 2 is 1.83 bits per heavy atom. The molecule has 3 aromatic rings. The highest BCUT2D eigenvalue weighted by molar-refractivity contribution is 5.83. The average Bonchev–Trinajstić information content (AvgIpc) is 2.81. The van der Waals surface area contributed by atoms with Crippen molar-refractivity contribution in [1.82, 2.24) is 14.5 Å². The topological polar surface area (TPSA) is 39.9 Å². The molecule has 0 spiro atoms. The van der Waals surface area contributed by atoms with Gasteiger partial charge in [-0.3, -0.25) is 0 Å². The second-order valence-electron chi connectivity index (χ2n) is 4.09. The summed E-state index contributed by atoms with van der Waals surface area (Å²) >= 11 is 0. The van der Waals surface area contributed by atoms with Crippen molar-refractivity contribution in [2.75, 3.05) is 7.11 Å². The predicted octanol–water partition coefficient (Wildman–Crippen LogP) is 2.64. The van der Waals surface area contributed by atoms with Gasteiger partial charge in [-0.05, 0) is 6.07 Å². The molecule has 0 aliphatic carbocycles. The highest BCUT2D eigenvalue weighted by Crippen LogP contribution is 2.26. The minimum absolute atomic E-state index is 0.611. The van der Waals surface area contributed by atoms with Gasteiger partial charge < -0.3 is 9.30 Å². The molecule has 0 N–H and O–H groups in total. The molecule has 2 heterocycles. The van der Waals surface area contributed by atoms with Gasteiger partial charge in [-0.2, -0.15) is 4.98 Å². The van der Waals surface area contributed by atoms with Gasteiger partial charge in [0, 0.05) is 18.8 Å². The molecular weight excluding hydrogens is 226 g/mol. The molecule has 0 bridgehead atoms. The summed E-state index contributed by atoms with van der Waals surface area (Å²) in [6.45, 7) is 0. The normalized spacial score (nSPS) is 10.8. The van der Waals surface area contributed by atoms with E-state index in [2.05, 4.69) is 9.97 Å². The van der Waals surface area contributed by atoms with Crippen LogP contribution >= 0.6 is 0 Å². The summed E-state index contributed by atoms with van der Waals surface area (Å²) in [5, 5.41) is 0.930. The maximum atomic E-state index is 5.34. The largest absolute Gasteiger partial charge is 0.480 e. The van der Waals surface area contributed by atoms with E-state index in [-0.39, 0.29) is 0 Å². The fourth-order valence-corrected chi connectivity index (χ4v) is 1.98. The smallest absolute Gasteiger partial charge is 0.226 e. The van der Waals surface area contributed by atoms with Gasteiger partial charge in [-0.1, -0.05) is 30.3 Å². The molecule has 4 heteroatoms. The monoisotopic (exact) mass is 239 g/mol. The molecule has 3 rings (SSSR count). The Morgan fingerprint density at radius 3 is 2.56 bits per heavy atom. The van der Waals surface area contributed by atoms with E-state index in [0.717, 1.165) is 16.6 Å². The summed E-state index contributed by atoms with van der Waals surface area (Å²) in [7, 11) is 3.59. The Hall–Kier alpha value is -2.36. The van der Waals surface area contributed by atoms with E-state index in [1.165, 1.54) is 0 Å². The van der Waals surface area contributed by atoms with Crippen LogP contribution in [0.3, 0.4) is 0 Å². The number of aryl methyl sites for hydroxylation is 1. The van der Waals surface area contributed by atoms with Crippen LogP contribution in [0.5, 0.6) is 5.88 Å². The van der Waals surface area contributed by atoms with Crippen molar-refractivity contribution in [1.29, 1.82) is 0 Å². The van der Waals surface area contributed by atoms with Crippen molar-refractivity contribution in [3.05, 3.63) is 42.6 Å². The van der Waals surface area contributed by atoms with Crippen LogP contribution in [0.4, 0.5) is 0 Å². The number of ether oxygens (including phenoxy) is 1. The molecule has 0 atom stereocenters. The molecule has 1 aromatic carbocycles. The van der Waals surface area contributed by atoms with E-state index in [4.69, 9.17) is 4.74 Å². The van der Waals surface area contributed by atoms with Crippen LogP contribution in [-0.2, 0) is 7.05 Å². The first-order valence-corrected chi connectivity index (χ1v) is 5.72. The van der Waals surface area contributed by atoms with Crippen molar-refractivity contribution < 1.29 is 4.74 Å². The Kier molecular flexibility index (Phi) is 2.48. The molecular formula is C14H13N3O. The first-order chi connectivity index (χ1) is 8.79. The van der Waals surface area contributed by atoms with Crippen LogP contribution in [0.15, 0.2) is 42.6 Å². The lowest BCUT2D eigenvalue weighted by molar-refractivity contribution is 0.403. The van der Waals surface area contributed by atoms with E-state index < -0.39 is 0 Å². The van der Waals surface area contributed by atoms with E-state index in [9.17, 15) is 0 Å². The summed E-state index contributed by atoms with van der Waals surface area (Å²) in [5.74, 6) is 1.29. The molecule has 0 radical (unpaired) electrons. The molecule has 0 amide bonds. The van der Waals surface area contributed by atoms with Crippen LogP contribution in [0, 0.1) is 0 Å². The number of aromatic nitrogens is 3. The number of benzene rings is 1. The number of hydrogen-bond acceptors (Lipinski definition) is 3. The summed E-state index contributed by atoms with van der Waals surface area (Å²) in [4.78, 5) is 9.04. The molecule has 0 saturated carbocycles. The van der Waals surface area contributed by atoms with Crippen LogP contribution in [0.1, 0.15) is 0 Å². The summed E-state index contributed by atoms with van der Waals surface area (Å²) in [6.07, 6.45) is 1.96. The summed E-state index contributed by atoms with van der Waals surface area (Å²) in [5.41, 5.74) is 1.86. The van der Waals surface area contributed by atoms with Crippen LogP contribution in [-0.4, -0.2) is 21.6 Å². The molecule has 90 valence electrons. The number of rotatable bonds is 2. The minimum Gasteiger partial charge on any atom is -0.480 e. The Balaban J connectivity index is 2.28. The zero-order valence-electron chi connectivity index (χ0n) is 10.3. The lowest BCUT2D eigenvalue weighted by Crippen LogP contribution is -1.97. The summed E-state index contributed by atoms with van der Waals surface area (Å²) in [6, 6.07) is 11.9. The number of fused-ring (bicyclic) bond motifs is 1. The van der Waals surface area contributed by atoms with E-state index in [0.29, 0.717) is 11.7 Å². The van der Waals surface area contributed by atoms with E-state index in [1.54, 1.807) is 7.11 Å². The Morgan fingerprint density at radius 1 is 1.06 bits per heavy atom. The van der Waals surface area contributed by atoms with E-state index in [1.807, 2.05) is 54.2 Å². The summed E-state index contributed by atoms with van der Waals surface area (Å²) < 4.78 is 7.30. The lowest BCUT2D eigenvalue weighted by atomic mass is 10.2. The molecule has 18 heavy (non-hydrogen) atoms. The van der Waals surface area contributed by atoms with Crippen molar-refractivity contribution in [3.63, 3.8) is 0 Å². The van der Waals surface area contributed by atoms with Gasteiger partial charge in [0.1, 0.15) is 5.65 Å². The van der Waals surface area contributed by atoms with Crippen molar-refractivity contribution in [3.8, 4) is 17.3 Å². The number of nitrogens with zero attached hydrogens (tertiary/aromatic N) is 3. The molecule has 0 aliphatic rings. The van der Waals surface area contributed by atoms with Gasteiger partial charge >= 0.3 is 0 Å². The zero-order chi connectivity index (χ0) is 12.5. The van der Waals surface area contributed by atoms with Crippen molar-refractivity contribution in [2.24, 2.45) is 7.05 Å². The second kappa shape index (κ2) is 4.14. The van der Waals surface area contributed by atoms with Crippen LogP contribution in [0.25, 0.3) is 22.4 Å². The Labute approximate surface area is 105 Å². The van der Waals surface area contributed by atoms with E-state index >= 15 is 0 Å². The van der Waals surface area contributed by atoms with Gasteiger partial charge in [0.15, 0.2) is 5.82 Å². The fourth-order valence-electron chi connectivity index (χ4n) is 1.98. The minimum atomic E-state index is 0.611. The third-order valence-corrected chi connectivity index (χ3v) is 2.91. The Bertz CT molecular complexity index is 689. The van der Waals surface area contributed by atoms with Crippen LogP contribution < -0.4 is 4.74 Å². The van der Waals surface area contributed by atoms with Crippen molar-refractivity contribution in [2.45, 2.75) is 0 Å². The standard InChI is InChI=1S/C14H13N3O/c1-17-9-8-11-13(17)15-12(16-14(11)18-2)10-6-4-3-5-7-10/h3-9H,1-2H3. The highest BCUT2D eigenvalue weighted by atomic mass is 16.5. The lowest BCUT2D eigenvalue weighted by Gasteiger charge is -2.05. The maximum absolute atomic E-state index is 5.34. The van der Waals surface area contributed by atoms with Gasteiger partial charge in [0.05, 0.1) is 12.5 Å². The SMILES string of the molecule is COc1nc(-c2ccccc2)nc2c1ccn2C. The molecule has 0 unspecified atom stereocenters. The van der Waals surface area contributed by atoms with Gasteiger partial charge in [0.2, 0.25) is 5.88 Å². The third-order valence-electron chi connectivity index (χ3n) is 2.91. The molecule has 0 aliphatic heterocycles. The van der Waals surface area contributed by atoms with Gasteiger partial charge in [-0.25, -0.2) is 4.98 Å². The van der Waals surface area contributed by atoms with Crippen LogP contribution in [0.2, 0.25) is 0 Å². The maximum Gasteiger partial charge on any atom is 0.226 e. The van der Waals surface area contributed by atoms with Gasteiger partial charge in [-0.15, -0.1) is 0 Å². The first kappa shape index (κ1) is 10.8. The first-order valence-electron chi connectivity index (χ1n) is 5.72. The molecule has 0 saturated heterocycles. The highest BCUT2D eigenvalue weighted by Gasteiger charge is 2.11.